The first-order valence-electron chi connectivity index (χ1n) is 13.5. The molecule has 43 heavy (non-hydrogen) atoms. The summed E-state index contributed by atoms with van der Waals surface area (Å²) >= 11 is 0. The van der Waals surface area contributed by atoms with Gasteiger partial charge in [0.1, 0.15) is 23.3 Å². The first kappa shape index (κ1) is 31.3. The van der Waals surface area contributed by atoms with Crippen LogP contribution in [-0.4, -0.2) is 63.2 Å². The smallest absolute Gasteiger partial charge is 0.489 e. The van der Waals surface area contributed by atoms with Crippen molar-refractivity contribution in [2.75, 3.05) is 13.1 Å². The fraction of sp³-hybridized carbons (Fsp3) is 0.414. The highest BCUT2D eigenvalue weighted by Crippen LogP contribution is 2.29. The fourth-order valence-corrected chi connectivity index (χ4v) is 4.32. The second kappa shape index (κ2) is 12.7. The van der Waals surface area contributed by atoms with E-state index in [4.69, 9.17) is 15.2 Å². The topological polar surface area (TPSA) is 139 Å². The Labute approximate surface area is 245 Å². The number of nitrogens with two attached hydrogens (primary N) is 1. The molecule has 4 rings (SSSR count). The number of nitrogens with zero attached hydrogens (tertiary/aromatic N) is 4. The molecule has 2 N–H and O–H groups in total. The van der Waals surface area contributed by atoms with E-state index in [1.807, 2.05) is 0 Å². The molecule has 1 fully saturated rings. The fourth-order valence-electron chi connectivity index (χ4n) is 4.32. The van der Waals surface area contributed by atoms with Gasteiger partial charge < -0.3 is 24.8 Å². The largest absolute Gasteiger partial charge is 0.573 e. The maximum absolute atomic E-state index is 12.8. The van der Waals surface area contributed by atoms with Crippen molar-refractivity contribution in [3.8, 4) is 22.8 Å². The molecule has 0 spiro atoms. The van der Waals surface area contributed by atoms with Gasteiger partial charge in [-0.05, 0) is 56.7 Å². The van der Waals surface area contributed by atoms with Crippen molar-refractivity contribution in [1.82, 2.24) is 19.9 Å². The summed E-state index contributed by atoms with van der Waals surface area (Å²) in [6, 6.07) is 10.1. The Morgan fingerprint density at radius 3 is 2.30 bits per heavy atom. The molecule has 1 aliphatic heterocycles. The van der Waals surface area contributed by atoms with E-state index in [0.29, 0.717) is 48.5 Å². The number of hydrogen-bond acceptors (Lipinski definition) is 8. The monoisotopic (exact) mass is 603 g/mol. The van der Waals surface area contributed by atoms with Crippen LogP contribution < -0.4 is 15.2 Å². The molecule has 0 radical (unpaired) electrons. The Hall–Kier alpha value is -4.62. The van der Waals surface area contributed by atoms with Crippen LogP contribution >= 0.6 is 0 Å². The van der Waals surface area contributed by atoms with Gasteiger partial charge in [0.15, 0.2) is 6.73 Å². The Morgan fingerprint density at radius 2 is 1.70 bits per heavy atom. The van der Waals surface area contributed by atoms with E-state index in [-0.39, 0.29) is 42.4 Å². The molecule has 2 heterocycles. The third-order valence-corrected chi connectivity index (χ3v) is 6.62. The Kier molecular flexibility index (Phi) is 9.26. The average Bonchev–Trinajstić information content (AvgIpc) is 3.41. The highest BCUT2D eigenvalue weighted by Gasteiger charge is 2.31. The molecule has 0 unspecified atom stereocenters. The lowest BCUT2D eigenvalue weighted by Gasteiger charge is -2.32. The van der Waals surface area contributed by atoms with Crippen LogP contribution in [0.2, 0.25) is 0 Å². The maximum atomic E-state index is 12.8. The molecule has 11 nitrogen and oxygen atoms in total. The van der Waals surface area contributed by atoms with Gasteiger partial charge in [0.2, 0.25) is 5.91 Å². The van der Waals surface area contributed by atoms with Crippen LogP contribution in [0.25, 0.3) is 11.3 Å². The second-order valence-electron chi connectivity index (χ2n) is 11.1. The maximum Gasteiger partial charge on any atom is 0.573 e. The molecule has 0 aliphatic carbocycles. The van der Waals surface area contributed by atoms with E-state index in [1.54, 1.807) is 50.1 Å². The lowest BCUT2D eigenvalue weighted by molar-refractivity contribution is -0.274. The minimum absolute atomic E-state index is 0.0365. The van der Waals surface area contributed by atoms with Crippen LogP contribution in [-0.2, 0) is 27.5 Å². The molecular weight excluding hydrogens is 571 g/mol. The zero-order valence-electron chi connectivity index (χ0n) is 23.9. The minimum Gasteiger partial charge on any atom is -0.489 e. The number of likely N-dealkylation sites (tertiary alicyclic amines) is 1. The second-order valence-corrected chi connectivity index (χ2v) is 11.1. The van der Waals surface area contributed by atoms with Gasteiger partial charge in [0.25, 0.3) is 5.91 Å². The van der Waals surface area contributed by atoms with Crippen molar-refractivity contribution in [2.24, 2.45) is 11.1 Å². The van der Waals surface area contributed by atoms with Gasteiger partial charge in [-0.15, -0.1) is 18.3 Å². The molecule has 2 aromatic carbocycles. The zero-order chi connectivity index (χ0) is 31.4. The number of piperidine rings is 1. The Bertz CT molecular complexity index is 1460. The number of benzene rings is 2. The van der Waals surface area contributed by atoms with Crippen molar-refractivity contribution in [3.05, 3.63) is 59.8 Å². The molecule has 0 saturated carbocycles. The molecule has 1 aromatic heterocycles. The summed E-state index contributed by atoms with van der Waals surface area (Å²) in [6.45, 7) is 5.93. The van der Waals surface area contributed by atoms with Crippen LogP contribution in [0.1, 0.15) is 49.5 Å². The molecule has 0 atom stereocenters. The predicted octanol–water partition coefficient (Wildman–Crippen LogP) is 4.10. The van der Waals surface area contributed by atoms with Crippen LogP contribution in [0.4, 0.5) is 13.2 Å². The number of hydrogen-bond donors (Lipinski definition) is 1. The summed E-state index contributed by atoms with van der Waals surface area (Å²) in [5.74, 6) is -1.29. The number of aromatic nitrogens is 3. The van der Waals surface area contributed by atoms with Crippen LogP contribution in [0, 0.1) is 5.41 Å². The number of esters is 1. The van der Waals surface area contributed by atoms with E-state index in [0.717, 1.165) is 0 Å². The van der Waals surface area contributed by atoms with Crippen molar-refractivity contribution >= 4 is 17.8 Å². The third kappa shape index (κ3) is 8.69. The Balaban J connectivity index is 1.32. The number of carbonyl (C=O) groups is 3. The van der Waals surface area contributed by atoms with Crippen molar-refractivity contribution < 1.29 is 41.8 Å². The van der Waals surface area contributed by atoms with Gasteiger partial charge in [0.05, 0.1) is 23.6 Å². The van der Waals surface area contributed by atoms with Crippen LogP contribution in [0.15, 0.2) is 48.7 Å². The van der Waals surface area contributed by atoms with Crippen molar-refractivity contribution in [2.45, 2.75) is 59.2 Å². The molecule has 230 valence electrons. The first-order chi connectivity index (χ1) is 20.2. The molecule has 3 aromatic rings. The van der Waals surface area contributed by atoms with E-state index in [1.165, 1.54) is 28.9 Å². The van der Waals surface area contributed by atoms with Gasteiger partial charge >= 0.3 is 12.3 Å². The quantitative estimate of drug-likeness (QED) is 0.361. The number of primary amides is 1. The third-order valence-electron chi connectivity index (χ3n) is 6.62. The average molecular weight is 604 g/mol. The summed E-state index contributed by atoms with van der Waals surface area (Å²) in [5, 5.41) is 8.05. The molecule has 1 saturated heterocycles. The van der Waals surface area contributed by atoms with E-state index < -0.39 is 17.7 Å². The van der Waals surface area contributed by atoms with Crippen LogP contribution in [0.5, 0.6) is 11.5 Å². The standard InChI is InChI=1S/C29H32F3N5O6/c1-28(2,3)27(40)41-17-37-16-23(34-35-37)19-6-9-24(22(15-19)26(33)39)42-20-10-12-36(13-11-20)25(38)14-18-4-7-21(8-5-18)43-29(30,31)32/h4-9,15-16,20H,10-14,17H2,1-3H3,(H2,33,39). The Morgan fingerprint density at radius 1 is 1.02 bits per heavy atom. The predicted molar refractivity (Wildman–Crippen MR) is 147 cm³/mol. The highest BCUT2D eigenvalue weighted by molar-refractivity contribution is 5.97. The van der Waals surface area contributed by atoms with Gasteiger partial charge in [-0.2, -0.15) is 0 Å². The first-order valence-corrected chi connectivity index (χ1v) is 13.5. The van der Waals surface area contributed by atoms with E-state index >= 15 is 0 Å². The number of ether oxygens (including phenoxy) is 3. The molecule has 1 aliphatic rings. The lowest BCUT2D eigenvalue weighted by atomic mass is 9.98. The van der Waals surface area contributed by atoms with E-state index in [2.05, 4.69) is 15.0 Å². The highest BCUT2D eigenvalue weighted by atomic mass is 19.4. The SMILES string of the molecule is CC(C)(C)C(=O)OCn1cc(-c2ccc(OC3CCN(C(=O)Cc4ccc(OC(F)(F)F)cc4)CC3)c(C(N)=O)c2)nn1. The normalized spacial score (nSPS) is 14.3. The number of alkyl halides is 3. The number of halogens is 3. The molecule has 0 bridgehead atoms. The van der Waals surface area contributed by atoms with Crippen molar-refractivity contribution in [3.63, 3.8) is 0 Å². The minimum atomic E-state index is -4.78. The van der Waals surface area contributed by atoms with Crippen LogP contribution in [0.3, 0.4) is 0 Å². The summed E-state index contributed by atoms with van der Waals surface area (Å²) in [4.78, 5) is 38.7. The summed E-state index contributed by atoms with van der Waals surface area (Å²) in [6.07, 6.45) is -2.43. The summed E-state index contributed by atoms with van der Waals surface area (Å²) < 4.78 is 53.6. The van der Waals surface area contributed by atoms with Gasteiger partial charge in [0, 0.05) is 31.5 Å². The van der Waals surface area contributed by atoms with E-state index in [9.17, 15) is 27.6 Å². The lowest BCUT2D eigenvalue weighted by Crippen LogP contribution is -2.42. The summed E-state index contributed by atoms with van der Waals surface area (Å²) in [7, 11) is 0. The zero-order valence-corrected chi connectivity index (χ0v) is 23.9. The van der Waals surface area contributed by atoms with Gasteiger partial charge in [-0.25, -0.2) is 4.68 Å². The number of carbonyl (C=O) groups excluding carboxylic acids is 3. The number of amides is 2. The summed E-state index contributed by atoms with van der Waals surface area (Å²) in [5.41, 5.74) is 6.70. The number of rotatable bonds is 9. The molecule has 14 heteroatoms. The van der Waals surface area contributed by atoms with Crippen molar-refractivity contribution in [1.29, 1.82) is 0 Å². The molecular formula is C29H32F3N5O6. The van der Waals surface area contributed by atoms with Gasteiger partial charge in [-0.1, -0.05) is 17.3 Å². The van der Waals surface area contributed by atoms with Gasteiger partial charge in [-0.3, -0.25) is 14.4 Å². The molecule has 2 amide bonds.